The molecule has 5 heteroatoms. The third-order valence-electron chi connectivity index (χ3n) is 3.48. The molecule has 0 bridgehead atoms. The summed E-state index contributed by atoms with van der Waals surface area (Å²) in [5.41, 5.74) is 1.12. The molecule has 2 rings (SSSR count). The van der Waals surface area contributed by atoms with Crippen LogP contribution >= 0.6 is 0 Å². The monoisotopic (exact) mass is 271 g/mol. The zero-order valence-corrected chi connectivity index (χ0v) is 11.6. The van der Waals surface area contributed by atoms with E-state index >= 15 is 0 Å². The molecule has 2 unspecified atom stereocenters. The summed E-state index contributed by atoms with van der Waals surface area (Å²) in [5, 5.41) is 3.47. The van der Waals surface area contributed by atoms with Gasteiger partial charge >= 0.3 is 0 Å². The van der Waals surface area contributed by atoms with E-state index < -0.39 is 9.84 Å². The lowest BCUT2D eigenvalue weighted by Gasteiger charge is -2.20. The molecule has 0 aliphatic carbocycles. The summed E-state index contributed by atoms with van der Waals surface area (Å²) in [5.74, 6) is 0.970. The minimum atomic E-state index is -2.78. The third kappa shape index (κ3) is 3.59. The van der Waals surface area contributed by atoms with Crippen molar-refractivity contribution in [3.05, 3.63) is 24.2 Å². The summed E-state index contributed by atoms with van der Waals surface area (Å²) in [6, 6.07) is 2.17. The zero-order valence-electron chi connectivity index (χ0n) is 10.8. The number of hydrogen-bond acceptors (Lipinski definition) is 4. The standard InChI is InChI=1S/C13H21NO3S/c1-2-5-14-13(12-3-6-17-9-12)8-11-4-7-18(15,16)10-11/h3,6,9,11,13-14H,2,4-5,7-8,10H2,1H3. The van der Waals surface area contributed by atoms with E-state index in [1.54, 1.807) is 12.5 Å². The SMILES string of the molecule is CCCNC(CC1CCS(=O)(=O)C1)c1ccoc1. The third-order valence-corrected chi connectivity index (χ3v) is 5.32. The van der Waals surface area contributed by atoms with Gasteiger partial charge in [-0.25, -0.2) is 8.42 Å². The first-order valence-electron chi connectivity index (χ1n) is 6.56. The first kappa shape index (κ1) is 13.6. The Morgan fingerprint density at radius 2 is 2.39 bits per heavy atom. The van der Waals surface area contributed by atoms with Gasteiger partial charge in [-0.05, 0) is 37.8 Å². The van der Waals surface area contributed by atoms with Crippen LogP contribution in [0, 0.1) is 5.92 Å². The van der Waals surface area contributed by atoms with Crippen molar-refractivity contribution in [2.24, 2.45) is 5.92 Å². The molecule has 4 nitrogen and oxygen atoms in total. The van der Waals surface area contributed by atoms with E-state index in [2.05, 4.69) is 12.2 Å². The smallest absolute Gasteiger partial charge is 0.150 e. The van der Waals surface area contributed by atoms with Crippen LogP contribution in [0.3, 0.4) is 0 Å². The second-order valence-electron chi connectivity index (χ2n) is 5.07. The second kappa shape index (κ2) is 5.89. The largest absolute Gasteiger partial charge is 0.472 e. The van der Waals surface area contributed by atoms with Gasteiger partial charge in [0.2, 0.25) is 0 Å². The van der Waals surface area contributed by atoms with E-state index in [1.165, 1.54) is 0 Å². The Balaban J connectivity index is 1.98. The predicted molar refractivity (Wildman–Crippen MR) is 71.1 cm³/mol. The van der Waals surface area contributed by atoms with Crippen LogP contribution in [0.25, 0.3) is 0 Å². The number of nitrogens with one attached hydrogen (secondary N) is 1. The maximum atomic E-state index is 11.5. The number of sulfone groups is 1. The van der Waals surface area contributed by atoms with Crippen molar-refractivity contribution in [2.75, 3.05) is 18.1 Å². The molecule has 0 spiro atoms. The highest BCUT2D eigenvalue weighted by Crippen LogP contribution is 2.29. The summed E-state index contributed by atoms with van der Waals surface area (Å²) in [4.78, 5) is 0. The van der Waals surface area contributed by atoms with Crippen LogP contribution in [0.5, 0.6) is 0 Å². The van der Waals surface area contributed by atoms with Crippen LogP contribution in [0.1, 0.15) is 37.8 Å². The topological polar surface area (TPSA) is 59.3 Å². The molecule has 1 aliphatic rings. The minimum absolute atomic E-state index is 0.210. The quantitative estimate of drug-likeness (QED) is 0.861. The Morgan fingerprint density at radius 1 is 1.56 bits per heavy atom. The summed E-state index contributed by atoms with van der Waals surface area (Å²) in [7, 11) is -2.78. The molecule has 1 N–H and O–H groups in total. The Hall–Kier alpha value is -0.810. The van der Waals surface area contributed by atoms with Gasteiger partial charge in [0.1, 0.15) is 0 Å². The lowest BCUT2D eigenvalue weighted by Crippen LogP contribution is -2.24. The molecule has 102 valence electrons. The van der Waals surface area contributed by atoms with Gasteiger partial charge in [-0.2, -0.15) is 0 Å². The van der Waals surface area contributed by atoms with Crippen LogP contribution in [-0.2, 0) is 9.84 Å². The fraction of sp³-hybridized carbons (Fsp3) is 0.692. The van der Waals surface area contributed by atoms with Crippen molar-refractivity contribution in [3.8, 4) is 0 Å². The van der Waals surface area contributed by atoms with Crippen LogP contribution in [0.2, 0.25) is 0 Å². The molecule has 1 aliphatic heterocycles. The lowest BCUT2D eigenvalue weighted by molar-refractivity contribution is 0.411. The normalized spacial score (nSPS) is 24.2. The van der Waals surface area contributed by atoms with Gasteiger partial charge in [-0.1, -0.05) is 6.92 Å². The predicted octanol–water partition coefficient (Wildman–Crippen LogP) is 2.15. The fourth-order valence-corrected chi connectivity index (χ4v) is 4.40. The average molecular weight is 271 g/mol. The summed E-state index contributed by atoms with van der Waals surface area (Å²) in [6.45, 7) is 3.06. The molecule has 0 aromatic carbocycles. The van der Waals surface area contributed by atoms with Gasteiger partial charge < -0.3 is 9.73 Å². The molecule has 0 radical (unpaired) electrons. The van der Waals surface area contributed by atoms with E-state index in [0.29, 0.717) is 11.5 Å². The first-order valence-corrected chi connectivity index (χ1v) is 8.39. The van der Waals surface area contributed by atoms with E-state index in [-0.39, 0.29) is 12.0 Å². The zero-order chi connectivity index (χ0) is 13.0. The van der Waals surface area contributed by atoms with Crippen molar-refractivity contribution in [2.45, 2.75) is 32.2 Å². The molecule has 1 saturated heterocycles. The summed E-state index contributed by atoms with van der Waals surface area (Å²) >= 11 is 0. The van der Waals surface area contributed by atoms with E-state index in [4.69, 9.17) is 4.42 Å². The Bertz CT molecular complexity index is 453. The maximum Gasteiger partial charge on any atom is 0.150 e. The van der Waals surface area contributed by atoms with Crippen molar-refractivity contribution < 1.29 is 12.8 Å². The molecule has 0 amide bonds. The molecule has 2 heterocycles. The highest BCUT2D eigenvalue weighted by atomic mass is 32.2. The van der Waals surface area contributed by atoms with Crippen LogP contribution in [0.4, 0.5) is 0 Å². The first-order chi connectivity index (χ1) is 8.61. The second-order valence-corrected chi connectivity index (χ2v) is 7.30. The lowest BCUT2D eigenvalue weighted by atomic mass is 9.95. The minimum Gasteiger partial charge on any atom is -0.472 e. The molecule has 0 saturated carbocycles. The van der Waals surface area contributed by atoms with Gasteiger partial charge in [0.25, 0.3) is 0 Å². The molecule has 1 aromatic heterocycles. The van der Waals surface area contributed by atoms with E-state index in [9.17, 15) is 8.42 Å². The van der Waals surface area contributed by atoms with E-state index in [0.717, 1.165) is 31.4 Å². The molecule has 1 aromatic rings. The highest BCUT2D eigenvalue weighted by molar-refractivity contribution is 7.91. The van der Waals surface area contributed by atoms with Crippen LogP contribution in [0.15, 0.2) is 23.0 Å². The number of hydrogen-bond donors (Lipinski definition) is 1. The number of furan rings is 1. The van der Waals surface area contributed by atoms with Crippen molar-refractivity contribution in [1.82, 2.24) is 5.32 Å². The molecule has 18 heavy (non-hydrogen) atoms. The Morgan fingerprint density at radius 3 is 2.94 bits per heavy atom. The van der Waals surface area contributed by atoms with Crippen molar-refractivity contribution in [3.63, 3.8) is 0 Å². The summed E-state index contributed by atoms with van der Waals surface area (Å²) < 4.78 is 28.1. The summed E-state index contributed by atoms with van der Waals surface area (Å²) in [6.07, 6.45) is 6.15. The van der Waals surface area contributed by atoms with Crippen molar-refractivity contribution in [1.29, 1.82) is 0 Å². The Labute approximate surface area is 109 Å². The fourth-order valence-electron chi connectivity index (χ4n) is 2.52. The molecule has 2 atom stereocenters. The molecular weight excluding hydrogens is 250 g/mol. The number of rotatable bonds is 6. The van der Waals surface area contributed by atoms with Gasteiger partial charge in [0.15, 0.2) is 9.84 Å². The van der Waals surface area contributed by atoms with Gasteiger partial charge in [-0.3, -0.25) is 0 Å². The van der Waals surface area contributed by atoms with Crippen molar-refractivity contribution >= 4 is 9.84 Å². The van der Waals surface area contributed by atoms with Gasteiger partial charge in [-0.15, -0.1) is 0 Å². The maximum absolute atomic E-state index is 11.5. The van der Waals surface area contributed by atoms with E-state index in [1.807, 2.05) is 6.07 Å². The molecular formula is C13H21NO3S. The van der Waals surface area contributed by atoms with Crippen LogP contribution in [-0.4, -0.2) is 26.5 Å². The highest BCUT2D eigenvalue weighted by Gasteiger charge is 2.30. The Kier molecular flexibility index (Phi) is 4.45. The van der Waals surface area contributed by atoms with Gasteiger partial charge in [0.05, 0.1) is 24.0 Å². The van der Waals surface area contributed by atoms with Gasteiger partial charge in [0, 0.05) is 11.6 Å². The van der Waals surface area contributed by atoms with Crippen LogP contribution < -0.4 is 5.32 Å². The average Bonchev–Trinajstić information content (AvgIpc) is 2.94. The molecule has 1 fully saturated rings.